The van der Waals surface area contributed by atoms with Crippen molar-refractivity contribution in [3.05, 3.63) is 108 Å². The third-order valence-corrected chi connectivity index (χ3v) is 7.45. The van der Waals surface area contributed by atoms with Gasteiger partial charge in [-0.25, -0.2) is 4.98 Å². The second-order valence-corrected chi connectivity index (χ2v) is 10.6. The molecule has 0 saturated carbocycles. The molecule has 5 rings (SSSR count). The molecular formula is C27H23BrCl2N4O3. The van der Waals surface area contributed by atoms with E-state index in [-0.39, 0.29) is 29.1 Å². The van der Waals surface area contributed by atoms with Crippen LogP contribution in [-0.4, -0.2) is 27.1 Å². The standard InChI is InChI=1S/C27H23BrCl2N4O3/c1-15(2)33-24-22(31-27(33)28)26(36)34(23(24)17-6-8-18(29)9-7-17)19-12-21(30)25(35)32(14-19)13-16-4-10-20(37-3)11-5-16/h4-12,14-15,23H,13H2,1-3H3. The predicted molar refractivity (Wildman–Crippen MR) is 148 cm³/mol. The quantitative estimate of drug-likeness (QED) is 0.253. The maximum Gasteiger partial charge on any atom is 0.279 e. The number of pyridine rings is 1. The average Bonchev–Trinajstić information content (AvgIpc) is 3.35. The number of hydrogen-bond donors (Lipinski definition) is 0. The molecule has 7 nitrogen and oxygen atoms in total. The number of imidazole rings is 1. The molecule has 2 aromatic carbocycles. The minimum absolute atomic E-state index is 0.0196. The Balaban J connectivity index is 1.65. The van der Waals surface area contributed by atoms with Crippen molar-refractivity contribution in [1.29, 1.82) is 0 Å². The van der Waals surface area contributed by atoms with E-state index >= 15 is 0 Å². The first-order valence-electron chi connectivity index (χ1n) is 11.6. The normalized spacial score (nSPS) is 14.9. The van der Waals surface area contributed by atoms with Gasteiger partial charge < -0.3 is 13.9 Å². The lowest BCUT2D eigenvalue weighted by atomic mass is 10.0. The summed E-state index contributed by atoms with van der Waals surface area (Å²) < 4.78 is 9.32. The Morgan fingerprint density at radius 2 is 1.73 bits per heavy atom. The monoisotopic (exact) mass is 600 g/mol. The van der Waals surface area contributed by atoms with Crippen LogP contribution in [0, 0.1) is 0 Å². The highest BCUT2D eigenvalue weighted by molar-refractivity contribution is 9.10. The lowest BCUT2D eigenvalue weighted by Crippen LogP contribution is -2.32. The number of rotatable bonds is 6. The molecule has 37 heavy (non-hydrogen) atoms. The molecule has 2 aromatic heterocycles. The van der Waals surface area contributed by atoms with Crippen LogP contribution in [0.1, 0.15) is 53.2 Å². The summed E-state index contributed by atoms with van der Waals surface area (Å²) in [5.41, 5.74) is 3.00. The molecule has 10 heteroatoms. The van der Waals surface area contributed by atoms with Gasteiger partial charge in [0.05, 0.1) is 25.0 Å². The van der Waals surface area contributed by atoms with Crippen molar-refractivity contribution in [2.45, 2.75) is 32.5 Å². The average molecular weight is 602 g/mol. The zero-order valence-electron chi connectivity index (χ0n) is 20.3. The van der Waals surface area contributed by atoms with Crippen molar-refractivity contribution in [2.24, 2.45) is 0 Å². The molecule has 0 radical (unpaired) electrons. The first kappa shape index (κ1) is 25.6. The smallest absolute Gasteiger partial charge is 0.279 e. The predicted octanol–water partition coefficient (Wildman–Crippen LogP) is 6.50. The van der Waals surface area contributed by atoms with Gasteiger partial charge in [-0.05, 0) is 71.2 Å². The number of ether oxygens (including phenoxy) is 1. The maximum absolute atomic E-state index is 13.8. The van der Waals surface area contributed by atoms with Gasteiger partial charge in [0.2, 0.25) is 0 Å². The Hall–Kier alpha value is -3.07. The summed E-state index contributed by atoms with van der Waals surface area (Å²) in [5.74, 6) is 0.444. The fourth-order valence-electron chi connectivity index (χ4n) is 4.66. The molecule has 0 aliphatic carbocycles. The summed E-state index contributed by atoms with van der Waals surface area (Å²) in [7, 11) is 1.60. The number of aromatic nitrogens is 3. The highest BCUT2D eigenvalue weighted by Gasteiger charge is 2.44. The molecule has 0 bridgehead atoms. The maximum atomic E-state index is 13.8. The summed E-state index contributed by atoms with van der Waals surface area (Å²) in [4.78, 5) is 33.0. The van der Waals surface area contributed by atoms with Gasteiger partial charge in [-0.2, -0.15) is 0 Å². The molecule has 1 aliphatic rings. The van der Waals surface area contributed by atoms with E-state index in [4.69, 9.17) is 27.9 Å². The zero-order valence-corrected chi connectivity index (χ0v) is 23.4. The molecule has 1 atom stereocenters. The molecule has 3 heterocycles. The number of carbonyl (C=O) groups excluding carboxylic acids is 1. The van der Waals surface area contributed by atoms with Crippen molar-refractivity contribution in [2.75, 3.05) is 12.0 Å². The molecule has 0 saturated heterocycles. The first-order chi connectivity index (χ1) is 17.7. The number of fused-ring (bicyclic) bond motifs is 1. The van der Waals surface area contributed by atoms with Crippen LogP contribution in [0.3, 0.4) is 0 Å². The van der Waals surface area contributed by atoms with Crippen LogP contribution >= 0.6 is 39.1 Å². The van der Waals surface area contributed by atoms with Crippen LogP contribution in [0.15, 0.2) is 70.3 Å². The fraction of sp³-hybridized carbons (Fsp3) is 0.222. The Labute approximate surface area is 232 Å². The van der Waals surface area contributed by atoms with Gasteiger partial charge in [-0.1, -0.05) is 47.5 Å². The number of nitrogens with zero attached hydrogens (tertiary/aromatic N) is 4. The van der Waals surface area contributed by atoms with E-state index in [1.807, 2.05) is 54.8 Å². The molecule has 1 aliphatic heterocycles. The van der Waals surface area contributed by atoms with Crippen LogP contribution in [0.5, 0.6) is 5.75 Å². The summed E-state index contributed by atoms with van der Waals surface area (Å²) in [6, 6.07) is 15.9. The van der Waals surface area contributed by atoms with E-state index < -0.39 is 6.04 Å². The molecule has 0 spiro atoms. The SMILES string of the molecule is COc1ccc(Cn2cc(N3C(=O)c4nc(Br)n(C(C)C)c4C3c3ccc(Cl)cc3)cc(Cl)c2=O)cc1. The third-order valence-electron chi connectivity index (χ3n) is 6.36. The van der Waals surface area contributed by atoms with Crippen molar-refractivity contribution in [3.63, 3.8) is 0 Å². The number of halogens is 3. The van der Waals surface area contributed by atoms with Crippen LogP contribution in [0.25, 0.3) is 0 Å². The number of benzene rings is 2. The van der Waals surface area contributed by atoms with Gasteiger partial charge in [0.15, 0.2) is 10.4 Å². The van der Waals surface area contributed by atoms with Crippen LogP contribution in [0.2, 0.25) is 10.0 Å². The topological polar surface area (TPSA) is 69.4 Å². The summed E-state index contributed by atoms with van der Waals surface area (Å²) in [6.45, 7) is 4.34. The molecule has 4 aromatic rings. The van der Waals surface area contributed by atoms with Gasteiger partial charge in [-0.15, -0.1) is 0 Å². The number of hydrogen-bond acceptors (Lipinski definition) is 4. The van der Waals surface area contributed by atoms with E-state index in [1.165, 1.54) is 10.6 Å². The van der Waals surface area contributed by atoms with E-state index in [2.05, 4.69) is 20.9 Å². The highest BCUT2D eigenvalue weighted by Crippen LogP contribution is 2.44. The van der Waals surface area contributed by atoms with E-state index in [0.29, 0.717) is 21.1 Å². The van der Waals surface area contributed by atoms with Crippen molar-refractivity contribution in [3.8, 4) is 5.75 Å². The van der Waals surface area contributed by atoms with Crippen LogP contribution in [-0.2, 0) is 6.54 Å². The summed E-state index contributed by atoms with van der Waals surface area (Å²) in [6.07, 6.45) is 1.67. The second kappa shape index (κ2) is 10.0. The Bertz CT molecular complexity index is 1550. The van der Waals surface area contributed by atoms with Crippen LogP contribution in [0.4, 0.5) is 5.69 Å². The number of anilines is 1. The van der Waals surface area contributed by atoms with Gasteiger partial charge in [0.1, 0.15) is 16.8 Å². The number of carbonyl (C=O) groups is 1. The molecule has 1 amide bonds. The molecular weight excluding hydrogens is 579 g/mol. The second-order valence-electron chi connectivity index (χ2n) is 9.04. The number of methoxy groups -OCH3 is 1. The van der Waals surface area contributed by atoms with Crippen molar-refractivity contribution >= 4 is 50.7 Å². The van der Waals surface area contributed by atoms with Gasteiger partial charge >= 0.3 is 0 Å². The Kier molecular flexibility index (Phi) is 6.91. The largest absolute Gasteiger partial charge is 0.497 e. The lowest BCUT2D eigenvalue weighted by molar-refractivity contribution is 0.0989. The molecule has 1 unspecified atom stereocenters. The first-order valence-corrected chi connectivity index (χ1v) is 13.1. The van der Waals surface area contributed by atoms with E-state index in [9.17, 15) is 9.59 Å². The van der Waals surface area contributed by atoms with E-state index in [0.717, 1.165) is 22.6 Å². The Morgan fingerprint density at radius 1 is 1.05 bits per heavy atom. The van der Waals surface area contributed by atoms with Gasteiger partial charge in [0, 0.05) is 17.3 Å². The zero-order chi connectivity index (χ0) is 26.4. The lowest BCUT2D eigenvalue weighted by Gasteiger charge is -2.28. The van der Waals surface area contributed by atoms with E-state index in [1.54, 1.807) is 30.3 Å². The number of amides is 1. The van der Waals surface area contributed by atoms with Gasteiger partial charge in [0.25, 0.3) is 11.5 Å². The summed E-state index contributed by atoms with van der Waals surface area (Å²) >= 11 is 16.1. The van der Waals surface area contributed by atoms with Crippen molar-refractivity contribution < 1.29 is 9.53 Å². The van der Waals surface area contributed by atoms with Crippen molar-refractivity contribution in [1.82, 2.24) is 14.1 Å². The fourth-order valence-corrected chi connectivity index (χ4v) is 5.78. The third kappa shape index (κ3) is 4.58. The summed E-state index contributed by atoms with van der Waals surface area (Å²) in [5, 5.41) is 0.612. The molecule has 0 N–H and O–H groups in total. The minimum atomic E-state index is -0.496. The van der Waals surface area contributed by atoms with Gasteiger partial charge in [-0.3, -0.25) is 14.5 Å². The minimum Gasteiger partial charge on any atom is -0.497 e. The molecule has 0 fully saturated rings. The Morgan fingerprint density at radius 3 is 2.35 bits per heavy atom. The van der Waals surface area contributed by atoms with Crippen LogP contribution < -0.4 is 15.2 Å². The highest BCUT2D eigenvalue weighted by atomic mass is 79.9. The molecule has 190 valence electrons.